The minimum absolute atomic E-state index is 0.0509. The van der Waals surface area contributed by atoms with Gasteiger partial charge >= 0.3 is 5.97 Å². The molecule has 28 heavy (non-hydrogen) atoms. The fourth-order valence-electron chi connectivity index (χ4n) is 2.65. The van der Waals surface area contributed by atoms with Crippen LogP contribution in [-0.2, 0) is 4.74 Å². The Labute approximate surface area is 161 Å². The first-order valence-electron chi connectivity index (χ1n) is 8.51. The van der Waals surface area contributed by atoms with Crippen LogP contribution in [0.5, 0.6) is 0 Å². The number of ether oxygens (including phenoxy) is 1. The van der Waals surface area contributed by atoms with Gasteiger partial charge in [-0.1, -0.05) is 48.5 Å². The van der Waals surface area contributed by atoms with Gasteiger partial charge in [0.25, 0.3) is 0 Å². The monoisotopic (exact) mass is 390 g/mol. The largest absolute Gasteiger partial charge is 0.459 e. The van der Waals surface area contributed by atoms with Crippen LogP contribution in [0.25, 0.3) is 0 Å². The van der Waals surface area contributed by atoms with Gasteiger partial charge in [-0.05, 0) is 12.1 Å². The molecule has 0 amide bonds. The molecular formula is C20H22O8. The summed E-state index contributed by atoms with van der Waals surface area (Å²) in [5.74, 6) is -1.89. The van der Waals surface area contributed by atoms with Crippen molar-refractivity contribution < 1.29 is 39.9 Å². The second-order valence-corrected chi connectivity index (χ2v) is 6.20. The predicted molar refractivity (Wildman–Crippen MR) is 97.6 cm³/mol. The minimum Gasteiger partial charge on any atom is -0.459 e. The Morgan fingerprint density at radius 2 is 1.39 bits per heavy atom. The van der Waals surface area contributed by atoms with Crippen LogP contribution in [0.2, 0.25) is 0 Å². The average molecular weight is 390 g/mol. The second kappa shape index (κ2) is 9.54. The molecule has 0 spiro atoms. The summed E-state index contributed by atoms with van der Waals surface area (Å²) in [6.07, 6.45) is -6.24. The fraction of sp³-hybridized carbons (Fsp3) is 0.300. The third-order valence-corrected chi connectivity index (χ3v) is 4.29. The van der Waals surface area contributed by atoms with Gasteiger partial charge < -0.3 is 30.3 Å². The van der Waals surface area contributed by atoms with E-state index in [0.29, 0.717) is 0 Å². The molecule has 2 aromatic carbocycles. The van der Waals surface area contributed by atoms with Gasteiger partial charge in [-0.15, -0.1) is 0 Å². The number of rotatable bonds is 9. The zero-order chi connectivity index (χ0) is 20.7. The van der Waals surface area contributed by atoms with Crippen LogP contribution in [0.3, 0.4) is 0 Å². The molecule has 5 N–H and O–H groups in total. The van der Waals surface area contributed by atoms with E-state index >= 15 is 0 Å². The number of hydrogen-bond donors (Lipinski definition) is 5. The highest BCUT2D eigenvalue weighted by Gasteiger charge is 2.52. The summed E-state index contributed by atoms with van der Waals surface area (Å²) in [5, 5.41) is 50.4. The van der Waals surface area contributed by atoms with Crippen molar-refractivity contribution in [2.24, 2.45) is 0 Å². The quantitative estimate of drug-likeness (QED) is 0.286. The van der Waals surface area contributed by atoms with Crippen LogP contribution in [0, 0.1) is 0 Å². The van der Waals surface area contributed by atoms with Crippen molar-refractivity contribution in [2.45, 2.75) is 23.9 Å². The molecule has 0 aliphatic heterocycles. The number of aliphatic hydroxyl groups excluding tert-OH is 4. The third kappa shape index (κ3) is 4.61. The molecule has 2 rings (SSSR count). The average Bonchev–Trinajstić information content (AvgIpc) is 2.76. The number of carbonyl (C=O) groups is 2. The van der Waals surface area contributed by atoms with Crippen molar-refractivity contribution in [1.82, 2.24) is 0 Å². The highest BCUT2D eigenvalue weighted by atomic mass is 16.5. The fourth-order valence-corrected chi connectivity index (χ4v) is 2.65. The maximum absolute atomic E-state index is 12.7. The van der Waals surface area contributed by atoms with Crippen molar-refractivity contribution >= 4 is 11.8 Å². The highest BCUT2D eigenvalue weighted by Crippen LogP contribution is 2.25. The van der Waals surface area contributed by atoms with E-state index in [9.17, 15) is 35.1 Å². The lowest BCUT2D eigenvalue weighted by molar-refractivity contribution is -0.164. The summed E-state index contributed by atoms with van der Waals surface area (Å²) in [6, 6.07) is 15.2. The lowest BCUT2D eigenvalue weighted by atomic mass is 9.80. The number of esters is 1. The summed E-state index contributed by atoms with van der Waals surface area (Å²) in [7, 11) is 0. The van der Waals surface area contributed by atoms with Gasteiger partial charge in [0.05, 0.1) is 12.2 Å². The Morgan fingerprint density at radius 1 is 0.893 bits per heavy atom. The van der Waals surface area contributed by atoms with Crippen LogP contribution in [0.4, 0.5) is 0 Å². The first-order chi connectivity index (χ1) is 13.3. The van der Waals surface area contributed by atoms with E-state index in [1.807, 2.05) is 0 Å². The number of carbonyl (C=O) groups excluding carboxylic acids is 2. The van der Waals surface area contributed by atoms with Gasteiger partial charge in [0.2, 0.25) is 0 Å². The predicted octanol–water partition coefficient (Wildman–Crippen LogP) is -0.468. The van der Waals surface area contributed by atoms with Crippen LogP contribution in [-0.4, -0.2) is 74.4 Å². The van der Waals surface area contributed by atoms with E-state index in [-0.39, 0.29) is 11.1 Å². The summed E-state index contributed by atoms with van der Waals surface area (Å²) in [5.41, 5.74) is -2.77. The van der Waals surface area contributed by atoms with E-state index in [4.69, 9.17) is 4.74 Å². The van der Waals surface area contributed by atoms with Gasteiger partial charge in [-0.3, -0.25) is 4.79 Å². The summed E-state index contributed by atoms with van der Waals surface area (Å²) in [6.45, 7) is -1.81. The third-order valence-electron chi connectivity index (χ3n) is 4.29. The Morgan fingerprint density at radius 3 is 1.89 bits per heavy atom. The number of aliphatic hydroxyl groups is 5. The lowest BCUT2D eigenvalue weighted by Crippen LogP contribution is -2.63. The molecule has 0 bridgehead atoms. The maximum Gasteiger partial charge on any atom is 0.338 e. The maximum atomic E-state index is 12.7. The highest BCUT2D eigenvalue weighted by molar-refractivity contribution is 6.03. The van der Waals surface area contributed by atoms with E-state index < -0.39 is 48.9 Å². The Hall–Kier alpha value is -2.62. The van der Waals surface area contributed by atoms with Crippen LogP contribution < -0.4 is 0 Å². The van der Waals surface area contributed by atoms with Gasteiger partial charge in [0, 0.05) is 5.56 Å². The van der Waals surface area contributed by atoms with Crippen LogP contribution in [0.15, 0.2) is 60.7 Å². The molecule has 4 atom stereocenters. The normalized spacial score (nSPS) is 16.5. The molecule has 0 heterocycles. The molecule has 0 fully saturated rings. The molecule has 0 aliphatic rings. The topological polar surface area (TPSA) is 145 Å². The molecule has 0 radical (unpaired) electrons. The van der Waals surface area contributed by atoms with E-state index in [0.717, 1.165) is 0 Å². The lowest BCUT2D eigenvalue weighted by Gasteiger charge is -2.36. The van der Waals surface area contributed by atoms with Gasteiger partial charge in [-0.2, -0.15) is 0 Å². The first kappa shape index (κ1) is 21.7. The van der Waals surface area contributed by atoms with Crippen LogP contribution >= 0.6 is 0 Å². The Kier molecular flexibility index (Phi) is 7.38. The Balaban J connectivity index is 2.16. The van der Waals surface area contributed by atoms with E-state index in [1.165, 1.54) is 36.4 Å². The molecule has 0 saturated heterocycles. The Bertz CT molecular complexity index is 779. The smallest absolute Gasteiger partial charge is 0.338 e. The van der Waals surface area contributed by atoms with Crippen molar-refractivity contribution in [2.75, 3.05) is 13.2 Å². The van der Waals surface area contributed by atoms with Crippen molar-refractivity contribution in [3.63, 3.8) is 0 Å². The zero-order valence-corrected chi connectivity index (χ0v) is 14.9. The zero-order valence-electron chi connectivity index (χ0n) is 14.9. The molecule has 0 unspecified atom stereocenters. The van der Waals surface area contributed by atoms with Crippen molar-refractivity contribution in [1.29, 1.82) is 0 Å². The number of Topliss-reactive ketones (excluding diaryl/α,β-unsaturated/α-hetero) is 1. The van der Waals surface area contributed by atoms with Crippen molar-refractivity contribution in [3.05, 3.63) is 71.8 Å². The number of benzene rings is 2. The van der Waals surface area contributed by atoms with Gasteiger partial charge in [-0.25, -0.2) is 4.79 Å². The molecule has 2 aromatic rings. The summed E-state index contributed by atoms with van der Waals surface area (Å²) in [4.78, 5) is 24.6. The first-order valence-corrected chi connectivity index (χ1v) is 8.51. The van der Waals surface area contributed by atoms with Crippen molar-refractivity contribution in [3.8, 4) is 0 Å². The molecule has 150 valence electrons. The summed E-state index contributed by atoms with van der Waals surface area (Å²) >= 11 is 0. The minimum atomic E-state index is -2.92. The molecular weight excluding hydrogens is 368 g/mol. The van der Waals surface area contributed by atoms with E-state index in [1.54, 1.807) is 24.3 Å². The van der Waals surface area contributed by atoms with Gasteiger partial charge in [0.1, 0.15) is 24.9 Å². The standard InChI is InChI=1S/C20H22O8/c21-11-16(23)20(27,17(24)13-7-3-1-4-8-13)18(25)15(22)12-28-19(26)14-9-5-2-6-10-14/h1-10,15-16,18,21-23,25,27H,11-12H2/t15-,16-,18-,20+/m1/s1. The second-order valence-electron chi connectivity index (χ2n) is 6.20. The number of ketones is 1. The molecule has 8 heteroatoms. The van der Waals surface area contributed by atoms with Crippen LogP contribution in [0.1, 0.15) is 20.7 Å². The summed E-state index contributed by atoms with van der Waals surface area (Å²) < 4.78 is 4.89. The molecule has 0 aliphatic carbocycles. The molecule has 0 aromatic heterocycles. The van der Waals surface area contributed by atoms with Gasteiger partial charge in [0.15, 0.2) is 11.4 Å². The SMILES string of the molecule is O=C(OC[C@@H](O)[C@@H](O)[C@@](O)(C(=O)c1ccccc1)[C@H](O)CO)c1ccccc1. The molecule has 0 saturated carbocycles. The number of hydrogen-bond acceptors (Lipinski definition) is 8. The van der Waals surface area contributed by atoms with E-state index in [2.05, 4.69) is 0 Å². The molecule has 8 nitrogen and oxygen atoms in total.